The summed E-state index contributed by atoms with van der Waals surface area (Å²) in [5.41, 5.74) is 1.70. The molecule has 0 saturated carbocycles. The number of carbonyl (C=O) groups excluding carboxylic acids is 2. The molecule has 11 nitrogen and oxygen atoms in total. The highest BCUT2D eigenvalue weighted by Gasteiger charge is 2.26. The number of nitrogens with zero attached hydrogens (tertiary/aromatic N) is 4. The molecule has 3 aromatic rings. The van der Waals surface area contributed by atoms with Gasteiger partial charge in [-0.3, -0.25) is 24.2 Å². The lowest BCUT2D eigenvalue weighted by atomic mass is 10.1. The molecule has 35 heavy (non-hydrogen) atoms. The van der Waals surface area contributed by atoms with Crippen LogP contribution in [-0.2, 0) is 45.5 Å². The first-order valence-electron chi connectivity index (χ1n) is 11.5. The van der Waals surface area contributed by atoms with Crippen molar-refractivity contribution < 1.29 is 23.8 Å². The number of H-pyrrole nitrogens is 1. The third kappa shape index (κ3) is 5.64. The first kappa shape index (κ1) is 24.7. The van der Waals surface area contributed by atoms with Crippen molar-refractivity contribution in [1.29, 1.82) is 0 Å². The number of ether oxygens (including phenoxy) is 3. The standard InChI is InChI=1S/C23H29N5O6S/c1-5-16-8-18-20(28-7-6-17-19(9-28)26-27(4)22(17)31)24-23(25-21(18)35-16)34-12-15(10-32-13(2)29)11-33-14(3)30/h8,15,26H,5-7,9-12H2,1-4H3. The van der Waals surface area contributed by atoms with E-state index in [2.05, 4.69) is 28.0 Å². The van der Waals surface area contributed by atoms with Gasteiger partial charge in [-0.1, -0.05) is 6.92 Å². The van der Waals surface area contributed by atoms with Crippen molar-refractivity contribution in [3.05, 3.63) is 32.6 Å². The lowest BCUT2D eigenvalue weighted by molar-refractivity contribution is -0.146. The van der Waals surface area contributed by atoms with Gasteiger partial charge in [0.05, 0.1) is 23.5 Å². The van der Waals surface area contributed by atoms with Crippen molar-refractivity contribution in [3.8, 4) is 6.01 Å². The van der Waals surface area contributed by atoms with Crippen LogP contribution in [0.2, 0.25) is 0 Å². The van der Waals surface area contributed by atoms with Gasteiger partial charge in [0, 0.05) is 37.9 Å². The fraction of sp³-hybridized carbons (Fsp3) is 0.522. The van der Waals surface area contributed by atoms with E-state index >= 15 is 0 Å². The van der Waals surface area contributed by atoms with Crippen LogP contribution in [0.4, 0.5) is 5.82 Å². The Bertz CT molecular complexity index is 1280. The second kappa shape index (κ2) is 10.5. The van der Waals surface area contributed by atoms with E-state index < -0.39 is 11.9 Å². The van der Waals surface area contributed by atoms with Crippen LogP contribution in [-0.4, -0.2) is 58.1 Å². The average Bonchev–Trinajstić information content (AvgIpc) is 3.37. The third-order valence-electron chi connectivity index (χ3n) is 5.75. The van der Waals surface area contributed by atoms with Gasteiger partial charge >= 0.3 is 17.9 Å². The van der Waals surface area contributed by atoms with E-state index in [4.69, 9.17) is 19.2 Å². The fourth-order valence-electron chi connectivity index (χ4n) is 3.96. The number of anilines is 1. The number of aromatic amines is 1. The quantitative estimate of drug-likeness (QED) is 0.436. The Labute approximate surface area is 206 Å². The van der Waals surface area contributed by atoms with Crippen LogP contribution in [0, 0.1) is 5.92 Å². The van der Waals surface area contributed by atoms with E-state index in [1.54, 1.807) is 18.4 Å². The predicted octanol–water partition coefficient (Wildman–Crippen LogP) is 1.96. The number of aryl methyl sites for hydroxylation is 2. The molecule has 1 aliphatic heterocycles. The Morgan fingerprint density at radius 1 is 1.17 bits per heavy atom. The first-order chi connectivity index (χ1) is 16.7. The molecule has 12 heteroatoms. The summed E-state index contributed by atoms with van der Waals surface area (Å²) in [6.45, 7) is 6.10. The maximum absolute atomic E-state index is 12.3. The Morgan fingerprint density at radius 2 is 1.89 bits per heavy atom. The molecule has 0 aliphatic carbocycles. The van der Waals surface area contributed by atoms with Crippen molar-refractivity contribution in [2.45, 2.75) is 40.2 Å². The highest BCUT2D eigenvalue weighted by molar-refractivity contribution is 7.18. The Kier molecular flexibility index (Phi) is 7.39. The summed E-state index contributed by atoms with van der Waals surface area (Å²) in [5.74, 6) is -0.474. The number of carbonyl (C=O) groups is 2. The Hall–Kier alpha value is -3.41. The second-order valence-corrected chi connectivity index (χ2v) is 9.62. The van der Waals surface area contributed by atoms with Crippen molar-refractivity contribution in [1.82, 2.24) is 19.7 Å². The molecule has 4 rings (SSSR count). The zero-order chi connectivity index (χ0) is 25.1. The number of rotatable bonds is 9. The maximum Gasteiger partial charge on any atom is 0.319 e. The topological polar surface area (TPSA) is 129 Å². The normalized spacial score (nSPS) is 13.2. The first-order valence-corrected chi connectivity index (χ1v) is 12.3. The van der Waals surface area contributed by atoms with Gasteiger partial charge in [0.15, 0.2) is 0 Å². The molecule has 0 amide bonds. The smallest absolute Gasteiger partial charge is 0.319 e. The van der Waals surface area contributed by atoms with Crippen LogP contribution in [0.3, 0.4) is 0 Å². The Morgan fingerprint density at radius 3 is 2.54 bits per heavy atom. The number of thiophene rings is 1. The van der Waals surface area contributed by atoms with Gasteiger partial charge in [0.1, 0.15) is 30.5 Å². The van der Waals surface area contributed by atoms with Crippen molar-refractivity contribution >= 4 is 39.3 Å². The van der Waals surface area contributed by atoms with Gasteiger partial charge < -0.3 is 19.1 Å². The van der Waals surface area contributed by atoms with E-state index in [1.807, 2.05) is 0 Å². The predicted molar refractivity (Wildman–Crippen MR) is 130 cm³/mol. The number of hydrogen-bond donors (Lipinski definition) is 1. The minimum Gasteiger partial charge on any atom is -0.465 e. The van der Waals surface area contributed by atoms with Crippen molar-refractivity contribution in [2.24, 2.45) is 13.0 Å². The van der Waals surface area contributed by atoms with Gasteiger partial charge in [-0.15, -0.1) is 11.3 Å². The van der Waals surface area contributed by atoms with Gasteiger partial charge in [-0.2, -0.15) is 9.97 Å². The van der Waals surface area contributed by atoms with Crippen LogP contribution < -0.4 is 15.2 Å². The van der Waals surface area contributed by atoms with Gasteiger partial charge in [0.25, 0.3) is 5.56 Å². The molecule has 3 aromatic heterocycles. The molecule has 0 fully saturated rings. The summed E-state index contributed by atoms with van der Waals surface area (Å²) in [6, 6.07) is 2.30. The molecule has 0 unspecified atom stereocenters. The number of fused-ring (bicyclic) bond motifs is 2. The van der Waals surface area contributed by atoms with E-state index in [0.717, 1.165) is 33.7 Å². The number of esters is 2. The molecule has 0 radical (unpaired) electrons. The SMILES string of the molecule is CCc1cc2c(N3CCc4c([nH]n(C)c4=O)C3)nc(OCC(COC(C)=O)COC(C)=O)nc2s1. The second-order valence-electron chi connectivity index (χ2n) is 8.50. The molecule has 0 spiro atoms. The summed E-state index contributed by atoms with van der Waals surface area (Å²) >= 11 is 1.59. The molecular formula is C23H29N5O6S. The molecule has 188 valence electrons. The lowest BCUT2D eigenvalue weighted by Crippen LogP contribution is -2.33. The minimum absolute atomic E-state index is 0.00640. The molecule has 0 saturated heterocycles. The highest BCUT2D eigenvalue weighted by Crippen LogP contribution is 2.34. The third-order valence-corrected chi connectivity index (χ3v) is 6.93. The van der Waals surface area contributed by atoms with Gasteiger partial charge in [-0.25, -0.2) is 0 Å². The molecule has 1 aliphatic rings. The van der Waals surface area contributed by atoms with E-state index in [1.165, 1.54) is 23.4 Å². The summed E-state index contributed by atoms with van der Waals surface area (Å²) in [5, 5.41) is 4.08. The average molecular weight is 504 g/mol. The van der Waals surface area contributed by atoms with Crippen LogP contribution in [0.1, 0.15) is 36.9 Å². The molecule has 0 bridgehead atoms. The summed E-state index contributed by atoms with van der Waals surface area (Å²) in [6.07, 6.45) is 1.49. The van der Waals surface area contributed by atoms with Crippen LogP contribution >= 0.6 is 11.3 Å². The highest BCUT2D eigenvalue weighted by atomic mass is 32.1. The van der Waals surface area contributed by atoms with Gasteiger partial charge in [0.2, 0.25) is 0 Å². The largest absolute Gasteiger partial charge is 0.465 e. The summed E-state index contributed by atoms with van der Waals surface area (Å²) in [7, 11) is 1.72. The zero-order valence-electron chi connectivity index (χ0n) is 20.3. The van der Waals surface area contributed by atoms with Crippen LogP contribution in [0.25, 0.3) is 10.2 Å². The van der Waals surface area contributed by atoms with Crippen LogP contribution in [0.5, 0.6) is 6.01 Å². The van der Waals surface area contributed by atoms with E-state index in [0.29, 0.717) is 19.5 Å². The summed E-state index contributed by atoms with van der Waals surface area (Å²) in [4.78, 5) is 48.2. The summed E-state index contributed by atoms with van der Waals surface area (Å²) < 4.78 is 17.6. The molecular weight excluding hydrogens is 474 g/mol. The Balaban J connectivity index is 1.59. The van der Waals surface area contributed by atoms with Crippen molar-refractivity contribution in [2.75, 3.05) is 31.3 Å². The van der Waals surface area contributed by atoms with Crippen molar-refractivity contribution in [3.63, 3.8) is 0 Å². The molecule has 1 N–H and O–H groups in total. The minimum atomic E-state index is -0.424. The van der Waals surface area contributed by atoms with Gasteiger partial charge in [-0.05, 0) is 18.9 Å². The zero-order valence-corrected chi connectivity index (χ0v) is 21.1. The molecule has 0 aromatic carbocycles. The number of hydrogen-bond acceptors (Lipinski definition) is 10. The number of nitrogens with one attached hydrogen (secondary N) is 1. The molecule has 0 atom stereocenters. The van der Waals surface area contributed by atoms with Crippen LogP contribution in [0.15, 0.2) is 10.9 Å². The molecule has 4 heterocycles. The fourth-order valence-corrected chi connectivity index (χ4v) is 4.92. The number of aromatic nitrogens is 4. The monoisotopic (exact) mass is 503 g/mol. The lowest BCUT2D eigenvalue weighted by Gasteiger charge is -2.28. The van der Waals surface area contributed by atoms with E-state index in [9.17, 15) is 14.4 Å². The van der Waals surface area contributed by atoms with E-state index in [-0.39, 0.29) is 37.3 Å². The maximum atomic E-state index is 12.3.